The molecule has 9 heteroatoms. The standard InChI is InChI=1S/C18H17N5O2S2/c1-3-23-17(14-9-6-10-26-14)20-21-18(23)27-11-15-19-16(22-25-15)12-7-4-5-8-13(12)24-2/h4-10H,3,11H2,1-2H3. The number of rotatable bonds is 7. The van der Waals surface area contributed by atoms with Gasteiger partial charge in [-0.25, -0.2) is 0 Å². The maximum Gasteiger partial charge on any atom is 0.237 e. The Morgan fingerprint density at radius 3 is 2.85 bits per heavy atom. The van der Waals surface area contributed by atoms with Crippen molar-refractivity contribution >= 4 is 23.1 Å². The summed E-state index contributed by atoms with van der Waals surface area (Å²) < 4.78 is 12.9. The minimum atomic E-state index is 0.513. The summed E-state index contributed by atoms with van der Waals surface area (Å²) in [5, 5.41) is 15.6. The molecule has 0 bridgehead atoms. The molecule has 138 valence electrons. The lowest BCUT2D eigenvalue weighted by Crippen LogP contribution is -1.99. The van der Waals surface area contributed by atoms with E-state index < -0.39 is 0 Å². The number of para-hydroxylation sites is 1. The van der Waals surface area contributed by atoms with E-state index in [1.807, 2.05) is 41.8 Å². The Morgan fingerprint density at radius 2 is 2.07 bits per heavy atom. The Morgan fingerprint density at radius 1 is 1.19 bits per heavy atom. The van der Waals surface area contributed by atoms with E-state index >= 15 is 0 Å². The average Bonchev–Trinajstić information content (AvgIpc) is 3.46. The maximum absolute atomic E-state index is 5.40. The fourth-order valence-electron chi connectivity index (χ4n) is 2.65. The summed E-state index contributed by atoms with van der Waals surface area (Å²) in [7, 11) is 1.62. The number of benzene rings is 1. The molecule has 0 aliphatic heterocycles. The lowest BCUT2D eigenvalue weighted by Gasteiger charge is -2.04. The molecule has 7 nitrogen and oxygen atoms in total. The summed E-state index contributed by atoms with van der Waals surface area (Å²) in [6.45, 7) is 2.87. The van der Waals surface area contributed by atoms with Crippen molar-refractivity contribution in [1.82, 2.24) is 24.9 Å². The Kier molecular flexibility index (Phi) is 5.21. The van der Waals surface area contributed by atoms with Crippen LogP contribution < -0.4 is 4.74 Å². The SMILES string of the molecule is CCn1c(SCc2nc(-c3ccccc3OC)no2)nnc1-c1cccs1. The van der Waals surface area contributed by atoms with E-state index in [9.17, 15) is 0 Å². The van der Waals surface area contributed by atoms with E-state index in [-0.39, 0.29) is 0 Å². The quantitative estimate of drug-likeness (QED) is 0.427. The first-order valence-electron chi connectivity index (χ1n) is 8.36. The average molecular weight is 400 g/mol. The third-order valence-corrected chi connectivity index (χ3v) is 5.73. The summed E-state index contributed by atoms with van der Waals surface area (Å²) in [4.78, 5) is 5.59. The lowest BCUT2D eigenvalue weighted by molar-refractivity contribution is 0.390. The molecule has 4 aromatic rings. The molecule has 0 N–H and O–H groups in total. The number of hydrogen-bond donors (Lipinski definition) is 0. The fraction of sp³-hybridized carbons (Fsp3) is 0.222. The van der Waals surface area contributed by atoms with Gasteiger partial charge in [-0.3, -0.25) is 0 Å². The predicted octanol–water partition coefficient (Wildman–Crippen LogP) is 4.38. The van der Waals surface area contributed by atoms with Crippen LogP contribution in [0.3, 0.4) is 0 Å². The number of aromatic nitrogens is 5. The molecule has 0 amide bonds. The molecule has 0 radical (unpaired) electrons. The second kappa shape index (κ2) is 7.93. The zero-order valence-electron chi connectivity index (χ0n) is 14.8. The summed E-state index contributed by atoms with van der Waals surface area (Å²) in [5.74, 6) is 3.16. The number of hydrogen-bond acceptors (Lipinski definition) is 8. The molecule has 0 aliphatic carbocycles. The first-order chi connectivity index (χ1) is 13.3. The zero-order chi connectivity index (χ0) is 18.6. The molecule has 1 aromatic carbocycles. The number of nitrogens with zero attached hydrogens (tertiary/aromatic N) is 5. The highest BCUT2D eigenvalue weighted by Gasteiger charge is 2.17. The number of methoxy groups -OCH3 is 1. The van der Waals surface area contributed by atoms with Crippen LogP contribution in [-0.2, 0) is 12.3 Å². The Hall–Kier alpha value is -2.65. The van der Waals surface area contributed by atoms with Crippen molar-refractivity contribution in [1.29, 1.82) is 0 Å². The minimum absolute atomic E-state index is 0.513. The molecule has 27 heavy (non-hydrogen) atoms. The molecule has 0 atom stereocenters. The summed E-state index contributed by atoms with van der Waals surface area (Å²) >= 11 is 3.18. The maximum atomic E-state index is 5.40. The number of thioether (sulfide) groups is 1. The molecule has 3 heterocycles. The fourth-order valence-corrected chi connectivity index (χ4v) is 4.20. The molecule has 0 fully saturated rings. The Bertz CT molecular complexity index is 1030. The highest BCUT2D eigenvalue weighted by atomic mass is 32.2. The van der Waals surface area contributed by atoms with Gasteiger partial charge in [0.05, 0.1) is 23.3 Å². The van der Waals surface area contributed by atoms with Crippen LogP contribution in [-0.4, -0.2) is 32.0 Å². The molecule has 0 aliphatic rings. The van der Waals surface area contributed by atoms with Crippen molar-refractivity contribution in [2.45, 2.75) is 24.4 Å². The highest BCUT2D eigenvalue weighted by molar-refractivity contribution is 7.98. The van der Waals surface area contributed by atoms with Crippen molar-refractivity contribution in [3.8, 4) is 27.8 Å². The van der Waals surface area contributed by atoms with Gasteiger partial charge in [0, 0.05) is 6.54 Å². The van der Waals surface area contributed by atoms with Crippen molar-refractivity contribution in [2.24, 2.45) is 0 Å². The minimum Gasteiger partial charge on any atom is -0.496 e. The molecule has 0 saturated heterocycles. The molecular formula is C18H17N5O2S2. The smallest absolute Gasteiger partial charge is 0.237 e. The van der Waals surface area contributed by atoms with Crippen molar-refractivity contribution < 1.29 is 9.26 Å². The first kappa shape index (κ1) is 17.7. The van der Waals surface area contributed by atoms with Crippen LogP contribution in [0.5, 0.6) is 5.75 Å². The van der Waals surface area contributed by atoms with Crippen LogP contribution >= 0.6 is 23.1 Å². The topological polar surface area (TPSA) is 78.9 Å². The molecule has 0 unspecified atom stereocenters. The molecular weight excluding hydrogens is 382 g/mol. The second-order valence-electron chi connectivity index (χ2n) is 5.53. The summed E-state index contributed by atoms with van der Waals surface area (Å²) in [6, 6.07) is 11.7. The number of ether oxygens (including phenoxy) is 1. The van der Waals surface area contributed by atoms with E-state index in [4.69, 9.17) is 9.26 Å². The largest absolute Gasteiger partial charge is 0.496 e. The van der Waals surface area contributed by atoms with Gasteiger partial charge in [0.2, 0.25) is 11.7 Å². The summed E-state index contributed by atoms with van der Waals surface area (Å²) in [6.07, 6.45) is 0. The van der Waals surface area contributed by atoms with Crippen LogP contribution in [0.2, 0.25) is 0 Å². The molecule has 0 spiro atoms. The van der Waals surface area contributed by atoms with Crippen molar-refractivity contribution in [2.75, 3.05) is 7.11 Å². The first-order valence-corrected chi connectivity index (χ1v) is 10.2. The van der Waals surface area contributed by atoms with Gasteiger partial charge in [0.25, 0.3) is 0 Å². The van der Waals surface area contributed by atoms with Crippen LogP contribution in [0.25, 0.3) is 22.1 Å². The van der Waals surface area contributed by atoms with Gasteiger partial charge in [-0.1, -0.05) is 35.1 Å². The van der Waals surface area contributed by atoms with Crippen LogP contribution in [0, 0.1) is 0 Å². The van der Waals surface area contributed by atoms with E-state index in [1.165, 1.54) is 11.8 Å². The van der Waals surface area contributed by atoms with Crippen LogP contribution in [0.15, 0.2) is 51.5 Å². The molecule has 4 rings (SSSR count). The van der Waals surface area contributed by atoms with Gasteiger partial charge in [-0.2, -0.15) is 4.98 Å². The van der Waals surface area contributed by atoms with E-state index in [0.717, 1.165) is 28.0 Å². The lowest BCUT2D eigenvalue weighted by atomic mass is 10.2. The van der Waals surface area contributed by atoms with E-state index in [0.29, 0.717) is 23.2 Å². The van der Waals surface area contributed by atoms with Crippen molar-refractivity contribution in [3.63, 3.8) is 0 Å². The van der Waals surface area contributed by atoms with Gasteiger partial charge in [-0.05, 0) is 30.5 Å². The van der Waals surface area contributed by atoms with Crippen molar-refractivity contribution in [3.05, 3.63) is 47.7 Å². The van der Waals surface area contributed by atoms with Gasteiger partial charge in [0.15, 0.2) is 11.0 Å². The zero-order valence-corrected chi connectivity index (χ0v) is 16.5. The van der Waals surface area contributed by atoms with E-state index in [2.05, 4.69) is 31.8 Å². The van der Waals surface area contributed by atoms with Gasteiger partial charge < -0.3 is 13.8 Å². The highest BCUT2D eigenvalue weighted by Crippen LogP contribution is 2.30. The van der Waals surface area contributed by atoms with Gasteiger partial charge >= 0.3 is 0 Å². The second-order valence-corrected chi connectivity index (χ2v) is 7.42. The summed E-state index contributed by atoms with van der Waals surface area (Å²) in [5.41, 5.74) is 0.803. The van der Waals surface area contributed by atoms with Crippen LogP contribution in [0.1, 0.15) is 12.8 Å². The Labute approximate surface area is 164 Å². The third-order valence-electron chi connectivity index (χ3n) is 3.92. The van der Waals surface area contributed by atoms with E-state index in [1.54, 1.807) is 18.4 Å². The Balaban J connectivity index is 1.51. The monoisotopic (exact) mass is 399 g/mol. The molecule has 3 aromatic heterocycles. The van der Waals surface area contributed by atoms with Gasteiger partial charge in [-0.15, -0.1) is 21.5 Å². The van der Waals surface area contributed by atoms with Crippen LogP contribution in [0.4, 0.5) is 0 Å². The van der Waals surface area contributed by atoms with Gasteiger partial charge in [0.1, 0.15) is 5.75 Å². The number of thiophene rings is 1. The predicted molar refractivity (Wildman–Crippen MR) is 105 cm³/mol. The normalized spacial score (nSPS) is 11.0. The molecule has 0 saturated carbocycles. The third kappa shape index (κ3) is 3.60.